The smallest absolute Gasteiger partial charge is 0.410 e. The van der Waals surface area contributed by atoms with Gasteiger partial charge in [-0.2, -0.15) is 0 Å². The lowest BCUT2D eigenvalue weighted by Crippen LogP contribution is -2.48. The number of piperidine rings is 1. The average Bonchev–Trinajstić information content (AvgIpc) is 3.66. The Balaban J connectivity index is 1.31. The van der Waals surface area contributed by atoms with Gasteiger partial charge < -0.3 is 35.5 Å². The summed E-state index contributed by atoms with van der Waals surface area (Å²) in [6, 6.07) is 5.66. The third-order valence-electron chi connectivity index (χ3n) is 8.42. The van der Waals surface area contributed by atoms with E-state index in [0.717, 1.165) is 29.7 Å². The molecule has 4 N–H and O–H groups in total. The molecule has 0 aliphatic carbocycles. The quantitative estimate of drug-likeness (QED) is 0.272. The monoisotopic (exact) mass is 685 g/mol. The molecule has 2 aliphatic heterocycles. The lowest BCUT2D eigenvalue weighted by atomic mass is 10.1. The van der Waals surface area contributed by atoms with E-state index < -0.39 is 11.5 Å². The van der Waals surface area contributed by atoms with Crippen molar-refractivity contribution in [3.8, 4) is 5.75 Å². The number of fused-ring (bicyclic) bond motifs is 1. The molecule has 2 aliphatic rings. The number of carbonyl (C=O) groups excluding carboxylic acids is 3. The van der Waals surface area contributed by atoms with Crippen LogP contribution in [0, 0.1) is 6.92 Å². The number of rotatable bonds is 10. The van der Waals surface area contributed by atoms with Gasteiger partial charge in [-0.25, -0.2) is 23.9 Å². The van der Waals surface area contributed by atoms with E-state index in [1.165, 1.54) is 0 Å². The van der Waals surface area contributed by atoms with Gasteiger partial charge in [0.05, 0.1) is 18.3 Å². The first kappa shape index (κ1) is 35.1. The van der Waals surface area contributed by atoms with Gasteiger partial charge in [0.2, 0.25) is 5.52 Å². The molecule has 260 valence electrons. The van der Waals surface area contributed by atoms with Crippen LogP contribution in [-0.2, 0) is 33.9 Å². The molecule has 15 heteroatoms. The Kier molecular flexibility index (Phi) is 10.9. The van der Waals surface area contributed by atoms with Crippen LogP contribution in [0.1, 0.15) is 75.4 Å². The minimum absolute atomic E-state index is 0.000207. The summed E-state index contributed by atoms with van der Waals surface area (Å²) in [7, 11) is 0. The summed E-state index contributed by atoms with van der Waals surface area (Å²) in [5, 5.41) is 6.10. The third kappa shape index (κ3) is 8.27. The predicted molar refractivity (Wildman–Crippen MR) is 179 cm³/mol. The van der Waals surface area contributed by atoms with Crippen molar-refractivity contribution < 1.29 is 33.2 Å². The minimum atomic E-state index is -0.557. The van der Waals surface area contributed by atoms with Crippen molar-refractivity contribution in [1.29, 1.82) is 0 Å². The van der Waals surface area contributed by atoms with Crippen LogP contribution in [0.4, 0.5) is 10.6 Å². The van der Waals surface area contributed by atoms with Crippen LogP contribution >= 0.6 is 11.6 Å². The van der Waals surface area contributed by atoms with Crippen molar-refractivity contribution in [2.45, 2.75) is 97.7 Å². The number of likely N-dealkylation sites (tertiary alicyclic amines) is 1. The van der Waals surface area contributed by atoms with Crippen molar-refractivity contribution in [2.75, 3.05) is 32.0 Å². The number of amides is 3. The molecule has 5 rings (SSSR count). The predicted octanol–water partition coefficient (Wildman–Crippen LogP) is 3.29. The number of nitrogen functional groups attached to an aromatic ring is 1. The lowest BCUT2D eigenvalue weighted by molar-refractivity contribution is -0.676. The van der Waals surface area contributed by atoms with Gasteiger partial charge in [-0.05, 0) is 72.4 Å². The number of nitrogens with two attached hydrogens (primary N) is 1. The average molecular weight is 686 g/mol. The highest BCUT2D eigenvalue weighted by Gasteiger charge is 2.32. The van der Waals surface area contributed by atoms with Crippen molar-refractivity contribution in [2.24, 2.45) is 0 Å². The zero-order valence-corrected chi connectivity index (χ0v) is 29.1. The second kappa shape index (κ2) is 14.9. The Labute approximate surface area is 285 Å². The first-order valence-corrected chi connectivity index (χ1v) is 16.9. The maximum atomic E-state index is 13.2. The van der Waals surface area contributed by atoms with Crippen LogP contribution < -0.4 is 25.7 Å². The summed E-state index contributed by atoms with van der Waals surface area (Å²) in [5.74, 6) is 0.623. The molecule has 2 fully saturated rings. The van der Waals surface area contributed by atoms with E-state index in [0.29, 0.717) is 57.1 Å². The molecule has 0 bridgehead atoms. The maximum Gasteiger partial charge on any atom is 0.410 e. The lowest BCUT2D eigenvalue weighted by Gasteiger charge is -2.33. The molecule has 0 saturated carbocycles. The van der Waals surface area contributed by atoms with Gasteiger partial charge in [-0.15, -0.1) is 0 Å². The van der Waals surface area contributed by atoms with E-state index in [9.17, 15) is 14.4 Å². The van der Waals surface area contributed by atoms with Crippen molar-refractivity contribution in [3.05, 3.63) is 40.6 Å². The number of aryl methyl sites for hydroxylation is 2. The van der Waals surface area contributed by atoms with E-state index in [1.54, 1.807) is 11.8 Å². The Morgan fingerprint density at radius 2 is 1.92 bits per heavy atom. The van der Waals surface area contributed by atoms with Crippen molar-refractivity contribution in [1.82, 2.24) is 30.1 Å². The molecular formula is C33H46ClN8O6+. The molecule has 2 aromatic heterocycles. The number of halogens is 1. The Morgan fingerprint density at radius 3 is 2.58 bits per heavy atom. The first-order valence-electron chi connectivity index (χ1n) is 16.5. The molecule has 4 heterocycles. The summed E-state index contributed by atoms with van der Waals surface area (Å²) in [4.78, 5) is 48.6. The van der Waals surface area contributed by atoms with E-state index >= 15 is 0 Å². The molecule has 0 unspecified atom stereocenters. The number of carbonyl (C=O) groups is 3. The Morgan fingerprint density at radius 1 is 1.17 bits per heavy atom. The highest BCUT2D eigenvalue weighted by Crippen LogP contribution is 2.27. The SMILES string of the molecule is CC[n+]1c(CNC(=O)c2nc(Cl)c(C)nc2N)n(C[C@@H]2CCCO2)c2cccc(OCC(=O)NC3CCN(C(=O)OC(C)(C)C)CC3)c21. The molecule has 48 heavy (non-hydrogen) atoms. The van der Waals surface area contributed by atoms with E-state index in [1.807, 2.05) is 45.9 Å². The Hall–Kier alpha value is -4.17. The number of hydrogen-bond donors (Lipinski definition) is 3. The molecule has 0 spiro atoms. The van der Waals surface area contributed by atoms with Crippen LogP contribution in [0.5, 0.6) is 5.75 Å². The second-order valence-electron chi connectivity index (χ2n) is 13.1. The standard InChI is InChI=1S/C33H45ClN8O6/c1-6-41-26(17-36-31(44)27-30(35)37-20(2)29(34)39-27)42(18-22-9-8-16-46-22)23-10-7-11-24(28(23)41)47-19-25(43)38-21-12-14-40(15-13-21)32(45)48-33(3,4)5/h7,10-11,21-22H,6,8-9,12-19H2,1-5H3,(H3-,35,36,37,38,43,44)/p+1/t22-/m0/s1. The van der Waals surface area contributed by atoms with Gasteiger partial charge in [0, 0.05) is 25.7 Å². The number of para-hydroxylation sites is 1. The van der Waals surface area contributed by atoms with Gasteiger partial charge in [0.15, 0.2) is 34.5 Å². The van der Waals surface area contributed by atoms with Gasteiger partial charge >= 0.3 is 6.09 Å². The molecule has 3 aromatic rings. The van der Waals surface area contributed by atoms with Crippen LogP contribution in [0.3, 0.4) is 0 Å². The fourth-order valence-corrected chi connectivity index (χ4v) is 6.26. The normalized spacial score (nSPS) is 17.0. The molecule has 0 radical (unpaired) electrons. The molecule has 2 saturated heterocycles. The Bertz CT molecular complexity index is 1660. The third-order valence-corrected chi connectivity index (χ3v) is 8.78. The molecule has 14 nitrogen and oxygen atoms in total. The fraction of sp³-hybridized carbons (Fsp3) is 0.576. The largest absolute Gasteiger partial charge is 0.479 e. The number of ether oxygens (including phenoxy) is 3. The van der Waals surface area contributed by atoms with Gasteiger partial charge in [0.1, 0.15) is 18.7 Å². The van der Waals surface area contributed by atoms with E-state index in [-0.39, 0.29) is 54.0 Å². The summed E-state index contributed by atoms with van der Waals surface area (Å²) >= 11 is 6.14. The fourth-order valence-electron chi connectivity index (χ4n) is 6.13. The van der Waals surface area contributed by atoms with Crippen molar-refractivity contribution in [3.63, 3.8) is 0 Å². The number of aromatic nitrogens is 4. The highest BCUT2D eigenvalue weighted by molar-refractivity contribution is 6.30. The van der Waals surface area contributed by atoms with Crippen LogP contribution in [0.2, 0.25) is 5.15 Å². The van der Waals surface area contributed by atoms with E-state index in [4.69, 9.17) is 31.5 Å². The number of nitrogens with one attached hydrogen (secondary N) is 2. The van der Waals surface area contributed by atoms with Gasteiger partial charge in [0.25, 0.3) is 17.6 Å². The number of anilines is 1. The number of nitrogens with zero attached hydrogens (tertiary/aromatic N) is 5. The molecule has 3 amide bonds. The second-order valence-corrected chi connectivity index (χ2v) is 13.5. The van der Waals surface area contributed by atoms with Crippen LogP contribution in [0.25, 0.3) is 11.0 Å². The van der Waals surface area contributed by atoms with Crippen molar-refractivity contribution >= 4 is 46.4 Å². The molecular weight excluding hydrogens is 640 g/mol. The molecule has 1 atom stereocenters. The first-order chi connectivity index (χ1) is 22.8. The van der Waals surface area contributed by atoms with Gasteiger partial charge in [-0.1, -0.05) is 17.7 Å². The van der Waals surface area contributed by atoms with Crippen LogP contribution in [0.15, 0.2) is 18.2 Å². The molecule has 1 aromatic carbocycles. The minimum Gasteiger partial charge on any atom is -0.479 e. The number of imidazole rings is 1. The number of hydrogen-bond acceptors (Lipinski definition) is 9. The maximum absolute atomic E-state index is 13.2. The van der Waals surface area contributed by atoms with E-state index in [2.05, 4.69) is 29.7 Å². The summed E-state index contributed by atoms with van der Waals surface area (Å²) < 4.78 is 21.8. The summed E-state index contributed by atoms with van der Waals surface area (Å²) in [6.07, 6.45) is 2.86. The zero-order valence-electron chi connectivity index (χ0n) is 28.3. The summed E-state index contributed by atoms with van der Waals surface area (Å²) in [6.45, 7) is 12.1. The topological polar surface area (TPSA) is 167 Å². The summed E-state index contributed by atoms with van der Waals surface area (Å²) in [5.41, 5.74) is 7.54. The highest BCUT2D eigenvalue weighted by atomic mass is 35.5. The van der Waals surface area contributed by atoms with Crippen LogP contribution in [-0.4, -0.2) is 81.4 Å². The zero-order chi connectivity index (χ0) is 34.6. The van der Waals surface area contributed by atoms with Gasteiger partial charge in [-0.3, -0.25) is 9.59 Å². The number of benzene rings is 1.